The van der Waals surface area contributed by atoms with Crippen LogP contribution in [-0.2, 0) is 0 Å². The van der Waals surface area contributed by atoms with E-state index >= 15 is 0 Å². The number of hydrogen-bond acceptors (Lipinski definition) is 3. The first-order valence-corrected chi connectivity index (χ1v) is 6.37. The highest BCUT2D eigenvalue weighted by molar-refractivity contribution is 9.10. The lowest BCUT2D eigenvalue weighted by atomic mass is 10.1. The van der Waals surface area contributed by atoms with Crippen molar-refractivity contribution in [2.75, 3.05) is 6.54 Å². The van der Waals surface area contributed by atoms with E-state index < -0.39 is 5.54 Å². The molecule has 0 radical (unpaired) electrons. The van der Waals surface area contributed by atoms with Gasteiger partial charge in [0.05, 0.1) is 5.52 Å². The van der Waals surface area contributed by atoms with Gasteiger partial charge in [-0.1, -0.05) is 15.9 Å². The molecule has 104 valence electrons. The fraction of sp³-hybridized carbons (Fsp3) is 0.333. The van der Waals surface area contributed by atoms with Gasteiger partial charge in [0.25, 0.3) is 5.91 Å². The van der Waals surface area contributed by atoms with Gasteiger partial charge in [-0.05, 0) is 32.0 Å². The molecule has 0 spiro atoms. The summed E-state index contributed by atoms with van der Waals surface area (Å²) in [6.45, 7) is 4.10. The standard InChI is InChI=1S/C12H15BrN4O.ClH/c1-12(2,14)6-15-11(18)10-8-5-7(13)3-4-9(8)16-17-10;/h3-5H,6,14H2,1-2H3,(H,15,18)(H,16,17);1H. The lowest BCUT2D eigenvalue weighted by Crippen LogP contribution is -2.45. The molecule has 2 aromatic rings. The Morgan fingerprint density at radius 3 is 2.84 bits per heavy atom. The summed E-state index contributed by atoms with van der Waals surface area (Å²) < 4.78 is 0.907. The molecule has 0 saturated carbocycles. The maximum atomic E-state index is 12.0. The maximum Gasteiger partial charge on any atom is 0.272 e. The molecular weight excluding hydrogens is 332 g/mol. The summed E-state index contributed by atoms with van der Waals surface area (Å²) in [7, 11) is 0. The zero-order valence-electron chi connectivity index (χ0n) is 10.7. The van der Waals surface area contributed by atoms with Crippen LogP contribution < -0.4 is 11.1 Å². The minimum absolute atomic E-state index is 0. The quantitative estimate of drug-likeness (QED) is 0.796. The van der Waals surface area contributed by atoms with Crippen molar-refractivity contribution in [2.24, 2.45) is 5.73 Å². The fourth-order valence-corrected chi connectivity index (χ4v) is 1.91. The van der Waals surface area contributed by atoms with E-state index in [-0.39, 0.29) is 18.3 Å². The number of hydrogen-bond donors (Lipinski definition) is 3. The van der Waals surface area contributed by atoms with Crippen molar-refractivity contribution in [3.8, 4) is 0 Å². The summed E-state index contributed by atoms with van der Waals surface area (Å²) in [5, 5.41) is 10.4. The van der Waals surface area contributed by atoms with Crippen molar-refractivity contribution in [3.05, 3.63) is 28.4 Å². The molecule has 0 aliphatic rings. The summed E-state index contributed by atoms with van der Waals surface area (Å²) in [5.41, 5.74) is 6.60. The minimum atomic E-state index is -0.442. The van der Waals surface area contributed by atoms with E-state index in [1.54, 1.807) is 0 Å². The third kappa shape index (κ3) is 3.92. The molecule has 2 rings (SSSR count). The summed E-state index contributed by atoms with van der Waals surface area (Å²) in [6, 6.07) is 5.63. The minimum Gasteiger partial charge on any atom is -0.349 e. The van der Waals surface area contributed by atoms with E-state index in [0.29, 0.717) is 12.2 Å². The highest BCUT2D eigenvalue weighted by Gasteiger charge is 2.17. The average Bonchev–Trinajstić information content (AvgIpc) is 2.67. The van der Waals surface area contributed by atoms with Gasteiger partial charge in [-0.3, -0.25) is 9.89 Å². The molecule has 0 atom stereocenters. The molecule has 1 aromatic carbocycles. The first-order valence-electron chi connectivity index (χ1n) is 5.57. The van der Waals surface area contributed by atoms with Gasteiger partial charge < -0.3 is 11.1 Å². The number of H-pyrrole nitrogens is 1. The number of aromatic nitrogens is 2. The van der Waals surface area contributed by atoms with Crippen molar-refractivity contribution >= 4 is 45.1 Å². The van der Waals surface area contributed by atoms with Crippen LogP contribution in [0.3, 0.4) is 0 Å². The maximum absolute atomic E-state index is 12.0. The number of benzene rings is 1. The van der Waals surface area contributed by atoms with Gasteiger partial charge in [0.1, 0.15) is 0 Å². The van der Waals surface area contributed by atoms with Gasteiger partial charge in [0, 0.05) is 21.9 Å². The highest BCUT2D eigenvalue weighted by Crippen LogP contribution is 2.20. The van der Waals surface area contributed by atoms with E-state index in [1.165, 1.54) is 0 Å². The Hall–Kier alpha value is -1.11. The lowest BCUT2D eigenvalue weighted by Gasteiger charge is -2.18. The van der Waals surface area contributed by atoms with Gasteiger partial charge in [-0.25, -0.2) is 0 Å². The zero-order chi connectivity index (χ0) is 13.3. The third-order valence-electron chi connectivity index (χ3n) is 2.44. The van der Waals surface area contributed by atoms with Crippen molar-refractivity contribution in [1.29, 1.82) is 0 Å². The van der Waals surface area contributed by atoms with Gasteiger partial charge in [-0.15, -0.1) is 12.4 Å². The third-order valence-corrected chi connectivity index (χ3v) is 2.94. The smallest absolute Gasteiger partial charge is 0.272 e. The molecule has 1 aromatic heterocycles. The van der Waals surface area contributed by atoms with Crippen LogP contribution in [0.4, 0.5) is 0 Å². The average molecular weight is 348 g/mol. The predicted molar refractivity (Wildman–Crippen MR) is 81.6 cm³/mol. The van der Waals surface area contributed by atoms with Crippen molar-refractivity contribution in [3.63, 3.8) is 0 Å². The number of nitrogens with two attached hydrogens (primary N) is 1. The Morgan fingerprint density at radius 1 is 1.53 bits per heavy atom. The molecule has 0 bridgehead atoms. The van der Waals surface area contributed by atoms with Gasteiger partial charge in [0.15, 0.2) is 5.69 Å². The molecule has 7 heteroatoms. The number of aromatic amines is 1. The molecule has 19 heavy (non-hydrogen) atoms. The zero-order valence-corrected chi connectivity index (χ0v) is 13.1. The monoisotopic (exact) mass is 346 g/mol. The molecule has 0 fully saturated rings. The Bertz CT molecular complexity index is 591. The van der Waals surface area contributed by atoms with Crippen molar-refractivity contribution in [1.82, 2.24) is 15.5 Å². The van der Waals surface area contributed by atoms with E-state index in [0.717, 1.165) is 15.4 Å². The van der Waals surface area contributed by atoms with Crippen LogP contribution in [0.1, 0.15) is 24.3 Å². The molecule has 5 nitrogen and oxygen atoms in total. The number of halogens is 2. The second-order valence-corrected chi connectivity index (χ2v) is 5.85. The highest BCUT2D eigenvalue weighted by atomic mass is 79.9. The SMILES string of the molecule is CC(C)(N)CNC(=O)c1n[nH]c2ccc(Br)cc12.Cl. The van der Waals surface area contributed by atoms with Gasteiger partial charge in [0.2, 0.25) is 0 Å². The van der Waals surface area contributed by atoms with Crippen LogP contribution in [0.2, 0.25) is 0 Å². The Kier molecular flexibility index (Phi) is 4.95. The number of carbonyl (C=O) groups is 1. The summed E-state index contributed by atoms with van der Waals surface area (Å²) in [5.74, 6) is -0.224. The second kappa shape index (κ2) is 5.90. The van der Waals surface area contributed by atoms with Gasteiger partial charge >= 0.3 is 0 Å². The molecule has 1 amide bonds. The number of fused-ring (bicyclic) bond motifs is 1. The summed E-state index contributed by atoms with van der Waals surface area (Å²) in [4.78, 5) is 12.0. The lowest BCUT2D eigenvalue weighted by molar-refractivity contribution is 0.0942. The van der Waals surface area contributed by atoms with Crippen LogP contribution in [0.5, 0.6) is 0 Å². The van der Waals surface area contributed by atoms with Crippen molar-refractivity contribution in [2.45, 2.75) is 19.4 Å². The van der Waals surface area contributed by atoms with Crippen LogP contribution in [-0.4, -0.2) is 28.2 Å². The molecule has 0 saturated heterocycles. The first-order chi connectivity index (χ1) is 8.37. The molecular formula is C12H16BrClN4O. The Morgan fingerprint density at radius 2 is 2.21 bits per heavy atom. The molecule has 1 heterocycles. The van der Waals surface area contributed by atoms with E-state index in [1.807, 2.05) is 32.0 Å². The van der Waals surface area contributed by atoms with E-state index in [9.17, 15) is 4.79 Å². The Balaban J connectivity index is 0.00000180. The number of carbonyl (C=O) groups excluding carboxylic acids is 1. The van der Waals surface area contributed by atoms with Crippen LogP contribution in [0.15, 0.2) is 22.7 Å². The number of nitrogens with one attached hydrogen (secondary N) is 2. The van der Waals surface area contributed by atoms with Crippen LogP contribution >= 0.6 is 28.3 Å². The van der Waals surface area contributed by atoms with Crippen LogP contribution in [0, 0.1) is 0 Å². The van der Waals surface area contributed by atoms with Gasteiger partial charge in [-0.2, -0.15) is 5.10 Å². The number of nitrogens with zero attached hydrogens (tertiary/aromatic N) is 1. The molecule has 0 aliphatic heterocycles. The fourth-order valence-electron chi connectivity index (χ4n) is 1.55. The molecule has 0 unspecified atom stereocenters. The topological polar surface area (TPSA) is 83.8 Å². The van der Waals surface area contributed by atoms with E-state index in [2.05, 4.69) is 31.4 Å². The predicted octanol–water partition coefficient (Wildman–Crippen LogP) is 2.21. The Labute approximate surface area is 125 Å². The number of amides is 1. The van der Waals surface area contributed by atoms with E-state index in [4.69, 9.17) is 5.73 Å². The second-order valence-electron chi connectivity index (χ2n) is 4.93. The summed E-state index contributed by atoms with van der Waals surface area (Å²) >= 11 is 3.38. The normalized spacial score (nSPS) is 11.2. The molecule has 0 aliphatic carbocycles. The molecule has 4 N–H and O–H groups in total. The number of rotatable bonds is 3. The van der Waals surface area contributed by atoms with Crippen molar-refractivity contribution < 1.29 is 4.79 Å². The summed E-state index contributed by atoms with van der Waals surface area (Å²) in [6.07, 6.45) is 0. The largest absolute Gasteiger partial charge is 0.349 e. The van der Waals surface area contributed by atoms with Crippen LogP contribution in [0.25, 0.3) is 10.9 Å². The first kappa shape index (κ1) is 15.9.